The molecule has 3 aromatic rings. The highest BCUT2D eigenvalue weighted by molar-refractivity contribution is 5.98. The van der Waals surface area contributed by atoms with Crippen LogP contribution in [0.2, 0.25) is 0 Å². The third kappa shape index (κ3) is 3.93. The first-order chi connectivity index (χ1) is 11.8. The molecule has 0 bridgehead atoms. The molecule has 0 saturated carbocycles. The van der Waals surface area contributed by atoms with Gasteiger partial charge in [0, 0.05) is 23.3 Å². The molecule has 2 aromatic heterocycles. The number of halogens is 3. The molecule has 0 aliphatic carbocycles. The first kappa shape index (κ1) is 16.9. The summed E-state index contributed by atoms with van der Waals surface area (Å²) < 4.78 is 36.8. The molecular formula is C18H14F3N3O. The Morgan fingerprint density at radius 3 is 2.48 bits per heavy atom. The van der Waals surface area contributed by atoms with Crippen molar-refractivity contribution in [2.24, 2.45) is 0 Å². The maximum Gasteiger partial charge on any atom is 0.405 e. The normalized spacial score (nSPS) is 11.5. The molecular weight excluding hydrogens is 331 g/mol. The van der Waals surface area contributed by atoms with Crippen molar-refractivity contribution in [2.75, 3.05) is 6.54 Å². The van der Waals surface area contributed by atoms with Crippen molar-refractivity contribution in [3.8, 4) is 11.1 Å². The molecule has 1 N–H and O–H groups in total. The highest BCUT2D eigenvalue weighted by Crippen LogP contribution is 2.26. The zero-order chi connectivity index (χ0) is 18.0. The van der Waals surface area contributed by atoms with Gasteiger partial charge in [-0.05, 0) is 24.6 Å². The summed E-state index contributed by atoms with van der Waals surface area (Å²) in [6, 6.07) is 10.7. The van der Waals surface area contributed by atoms with E-state index in [0.29, 0.717) is 16.5 Å². The lowest BCUT2D eigenvalue weighted by atomic mass is 10.0. The monoisotopic (exact) mass is 345 g/mol. The average Bonchev–Trinajstić information content (AvgIpc) is 2.59. The number of carbonyl (C=O) groups excluding carboxylic acids is 1. The van der Waals surface area contributed by atoms with Gasteiger partial charge in [-0.3, -0.25) is 9.78 Å². The molecule has 0 aliphatic rings. The van der Waals surface area contributed by atoms with Crippen molar-refractivity contribution in [3.05, 3.63) is 60.0 Å². The molecule has 128 valence electrons. The zero-order valence-electron chi connectivity index (χ0n) is 13.3. The number of fused-ring (bicyclic) bond motifs is 1. The lowest BCUT2D eigenvalue weighted by molar-refractivity contribution is -0.123. The summed E-state index contributed by atoms with van der Waals surface area (Å²) >= 11 is 0. The molecule has 3 rings (SSSR count). The predicted octanol–water partition coefficient (Wildman–Crippen LogP) is 3.90. The average molecular weight is 345 g/mol. The van der Waals surface area contributed by atoms with Crippen LogP contribution in [-0.2, 0) is 0 Å². The van der Waals surface area contributed by atoms with Gasteiger partial charge in [0.1, 0.15) is 12.2 Å². The molecule has 0 unspecified atom stereocenters. The Labute approximate surface area is 141 Å². The second kappa shape index (κ2) is 6.51. The fourth-order valence-electron chi connectivity index (χ4n) is 2.38. The number of nitrogens with one attached hydrogen (secondary N) is 1. The van der Waals surface area contributed by atoms with Gasteiger partial charge in [-0.25, -0.2) is 4.98 Å². The van der Waals surface area contributed by atoms with E-state index in [2.05, 4.69) is 9.97 Å². The molecule has 0 spiro atoms. The number of alkyl halides is 3. The summed E-state index contributed by atoms with van der Waals surface area (Å²) in [7, 11) is 0. The summed E-state index contributed by atoms with van der Waals surface area (Å²) in [5.41, 5.74) is 3.11. The van der Waals surface area contributed by atoms with Gasteiger partial charge in [0.15, 0.2) is 0 Å². The summed E-state index contributed by atoms with van der Waals surface area (Å²) in [4.78, 5) is 20.4. The second-order valence-electron chi connectivity index (χ2n) is 5.62. The molecule has 2 heterocycles. The van der Waals surface area contributed by atoms with E-state index in [0.717, 1.165) is 11.1 Å². The van der Waals surface area contributed by atoms with E-state index in [1.165, 1.54) is 6.07 Å². The van der Waals surface area contributed by atoms with E-state index in [1.807, 2.05) is 36.5 Å². The number of nitrogens with zero attached hydrogens (tertiary/aromatic N) is 2. The highest BCUT2D eigenvalue weighted by Gasteiger charge is 2.28. The SMILES string of the molecule is Cc1ccc(-c2cncc3ccc(C(=O)NCC(F)(F)F)nc23)cc1. The Morgan fingerprint density at radius 1 is 1.08 bits per heavy atom. The number of aromatic nitrogens is 2. The zero-order valence-corrected chi connectivity index (χ0v) is 13.3. The third-order valence-electron chi connectivity index (χ3n) is 3.64. The molecule has 0 saturated heterocycles. The Kier molecular flexibility index (Phi) is 4.39. The maximum absolute atomic E-state index is 12.3. The molecule has 4 nitrogen and oxygen atoms in total. The van der Waals surface area contributed by atoms with Gasteiger partial charge in [-0.1, -0.05) is 29.8 Å². The van der Waals surface area contributed by atoms with E-state index >= 15 is 0 Å². The largest absolute Gasteiger partial charge is 0.405 e. The number of hydrogen-bond acceptors (Lipinski definition) is 3. The molecule has 7 heteroatoms. The van der Waals surface area contributed by atoms with Gasteiger partial charge in [-0.15, -0.1) is 0 Å². The van der Waals surface area contributed by atoms with Gasteiger partial charge in [-0.2, -0.15) is 13.2 Å². The minimum absolute atomic E-state index is 0.0729. The first-order valence-corrected chi connectivity index (χ1v) is 7.50. The number of benzene rings is 1. The predicted molar refractivity (Wildman–Crippen MR) is 88.1 cm³/mol. The second-order valence-corrected chi connectivity index (χ2v) is 5.62. The van der Waals surface area contributed by atoms with E-state index < -0.39 is 18.6 Å². The van der Waals surface area contributed by atoms with E-state index in [9.17, 15) is 18.0 Å². The minimum Gasteiger partial charge on any atom is -0.342 e. The van der Waals surface area contributed by atoms with Crippen molar-refractivity contribution in [3.63, 3.8) is 0 Å². The van der Waals surface area contributed by atoms with Crippen LogP contribution in [0.15, 0.2) is 48.8 Å². The number of pyridine rings is 2. The van der Waals surface area contributed by atoms with E-state index in [-0.39, 0.29) is 5.69 Å². The Balaban J connectivity index is 2.00. The first-order valence-electron chi connectivity index (χ1n) is 7.50. The van der Waals surface area contributed by atoms with E-state index in [4.69, 9.17) is 0 Å². The number of rotatable bonds is 3. The van der Waals surface area contributed by atoms with Crippen LogP contribution >= 0.6 is 0 Å². The van der Waals surface area contributed by atoms with Crippen LogP contribution in [-0.4, -0.2) is 28.6 Å². The van der Waals surface area contributed by atoms with Crippen LogP contribution < -0.4 is 5.32 Å². The topological polar surface area (TPSA) is 54.9 Å². The lowest BCUT2D eigenvalue weighted by Crippen LogP contribution is -2.34. The lowest BCUT2D eigenvalue weighted by Gasteiger charge is -2.10. The maximum atomic E-state index is 12.3. The van der Waals surface area contributed by atoms with Crippen LogP contribution in [0.25, 0.3) is 22.0 Å². The summed E-state index contributed by atoms with van der Waals surface area (Å²) in [5, 5.41) is 2.53. The standard InChI is InChI=1S/C18H14F3N3O/c1-11-2-4-12(5-3-11)14-9-22-8-13-6-7-15(24-16(13)14)17(25)23-10-18(19,20)21/h2-9H,10H2,1H3,(H,23,25). The van der Waals surface area contributed by atoms with Gasteiger partial charge < -0.3 is 5.32 Å². The van der Waals surface area contributed by atoms with Gasteiger partial charge in [0.2, 0.25) is 0 Å². The molecule has 0 aliphatic heterocycles. The molecule has 1 amide bonds. The molecule has 0 atom stereocenters. The van der Waals surface area contributed by atoms with Crippen LogP contribution in [0.4, 0.5) is 13.2 Å². The van der Waals surface area contributed by atoms with Gasteiger partial charge in [0.25, 0.3) is 5.91 Å². The van der Waals surface area contributed by atoms with Crippen molar-refractivity contribution in [1.29, 1.82) is 0 Å². The van der Waals surface area contributed by atoms with Crippen LogP contribution in [0.1, 0.15) is 16.1 Å². The highest BCUT2D eigenvalue weighted by atomic mass is 19.4. The van der Waals surface area contributed by atoms with Crippen molar-refractivity contribution >= 4 is 16.8 Å². The smallest absolute Gasteiger partial charge is 0.342 e. The summed E-state index contributed by atoms with van der Waals surface area (Å²) in [5.74, 6) is -0.870. The number of hydrogen-bond donors (Lipinski definition) is 1. The number of amides is 1. The Morgan fingerprint density at radius 2 is 1.80 bits per heavy atom. The molecule has 0 fully saturated rings. The fraction of sp³-hybridized carbons (Fsp3) is 0.167. The van der Waals surface area contributed by atoms with Crippen molar-refractivity contribution in [1.82, 2.24) is 15.3 Å². The minimum atomic E-state index is -4.47. The quantitative estimate of drug-likeness (QED) is 0.783. The fourth-order valence-corrected chi connectivity index (χ4v) is 2.38. The molecule has 0 radical (unpaired) electrons. The number of aryl methyl sites for hydroxylation is 1. The van der Waals surface area contributed by atoms with Gasteiger partial charge in [0.05, 0.1) is 5.52 Å². The van der Waals surface area contributed by atoms with Crippen LogP contribution in [0.5, 0.6) is 0 Å². The molecule has 1 aromatic carbocycles. The van der Waals surface area contributed by atoms with Gasteiger partial charge >= 0.3 is 6.18 Å². The van der Waals surface area contributed by atoms with Crippen LogP contribution in [0.3, 0.4) is 0 Å². The molecule has 25 heavy (non-hydrogen) atoms. The Bertz CT molecular complexity index is 921. The van der Waals surface area contributed by atoms with E-state index in [1.54, 1.807) is 18.5 Å². The Hall–Kier alpha value is -2.96. The number of carbonyl (C=O) groups is 1. The van der Waals surface area contributed by atoms with Crippen molar-refractivity contribution in [2.45, 2.75) is 13.1 Å². The third-order valence-corrected chi connectivity index (χ3v) is 3.64. The van der Waals surface area contributed by atoms with Crippen molar-refractivity contribution < 1.29 is 18.0 Å². The summed E-state index contributed by atoms with van der Waals surface area (Å²) in [6.45, 7) is 0.569. The summed E-state index contributed by atoms with van der Waals surface area (Å²) in [6.07, 6.45) is -1.25. The van der Waals surface area contributed by atoms with Crippen LogP contribution in [0, 0.1) is 6.92 Å².